The van der Waals surface area contributed by atoms with E-state index >= 15 is 0 Å². The smallest absolute Gasteiger partial charge is 0.322 e. The third-order valence-electron chi connectivity index (χ3n) is 1.74. The fourth-order valence-corrected chi connectivity index (χ4v) is 1.42. The molecule has 0 radical (unpaired) electrons. The quantitative estimate of drug-likeness (QED) is 0.633. The topological polar surface area (TPSA) is 35.5 Å². The van der Waals surface area contributed by atoms with Gasteiger partial charge in [-0.25, -0.2) is 4.39 Å². The van der Waals surface area contributed by atoms with E-state index in [0.29, 0.717) is 5.75 Å². The molecule has 1 unspecified atom stereocenters. The maximum atomic E-state index is 12.8. The summed E-state index contributed by atoms with van der Waals surface area (Å²) in [5.74, 6) is -0.565. The van der Waals surface area contributed by atoms with Crippen molar-refractivity contribution in [2.75, 3.05) is 13.7 Å². The summed E-state index contributed by atoms with van der Waals surface area (Å²) in [6, 6.07) is 3.96. The molecule has 0 N–H and O–H groups in total. The minimum absolute atomic E-state index is 0.0262. The van der Waals surface area contributed by atoms with Crippen molar-refractivity contribution in [3.63, 3.8) is 0 Å². The van der Waals surface area contributed by atoms with Crippen LogP contribution in [0.15, 0.2) is 18.2 Å². The van der Waals surface area contributed by atoms with E-state index in [9.17, 15) is 9.18 Å². The van der Waals surface area contributed by atoms with Crippen LogP contribution in [0.25, 0.3) is 0 Å². The Kier molecular flexibility index (Phi) is 5.02. The van der Waals surface area contributed by atoms with Crippen molar-refractivity contribution in [3.8, 4) is 5.75 Å². The van der Waals surface area contributed by atoms with Crippen LogP contribution in [0.3, 0.4) is 0 Å². The van der Waals surface area contributed by atoms with Crippen LogP contribution in [0.5, 0.6) is 5.75 Å². The SMILES string of the molecule is COC(=O)C(Br)COc1ccc(F)c(Cl)c1. The van der Waals surface area contributed by atoms with E-state index in [1.54, 1.807) is 0 Å². The van der Waals surface area contributed by atoms with Gasteiger partial charge in [-0.2, -0.15) is 0 Å². The second-order valence-corrected chi connectivity index (χ2v) is 4.39. The molecule has 1 rings (SSSR count). The first-order chi connectivity index (χ1) is 7.54. The van der Waals surface area contributed by atoms with Gasteiger partial charge in [-0.05, 0) is 12.1 Å². The third kappa shape index (κ3) is 3.64. The van der Waals surface area contributed by atoms with Gasteiger partial charge in [-0.15, -0.1) is 0 Å². The lowest BCUT2D eigenvalue weighted by Gasteiger charge is -2.10. The molecule has 16 heavy (non-hydrogen) atoms. The maximum absolute atomic E-state index is 12.8. The number of methoxy groups -OCH3 is 1. The van der Waals surface area contributed by atoms with Gasteiger partial charge < -0.3 is 9.47 Å². The van der Waals surface area contributed by atoms with E-state index in [1.165, 1.54) is 25.3 Å². The molecule has 0 saturated heterocycles. The molecule has 88 valence electrons. The van der Waals surface area contributed by atoms with Crippen molar-refractivity contribution < 1.29 is 18.7 Å². The first-order valence-electron chi connectivity index (χ1n) is 4.34. The summed E-state index contributed by atoms with van der Waals surface area (Å²) in [5, 5.41) is -0.0262. The number of benzene rings is 1. The number of esters is 1. The van der Waals surface area contributed by atoms with Crippen molar-refractivity contribution in [2.24, 2.45) is 0 Å². The molecule has 0 aliphatic carbocycles. The van der Waals surface area contributed by atoms with Gasteiger partial charge in [0, 0.05) is 6.07 Å². The van der Waals surface area contributed by atoms with E-state index in [4.69, 9.17) is 16.3 Å². The minimum atomic E-state index is -0.568. The largest absolute Gasteiger partial charge is 0.492 e. The van der Waals surface area contributed by atoms with Crippen LogP contribution < -0.4 is 4.74 Å². The fraction of sp³-hybridized carbons (Fsp3) is 0.300. The first-order valence-corrected chi connectivity index (χ1v) is 5.63. The molecule has 0 aliphatic rings. The van der Waals surface area contributed by atoms with E-state index in [2.05, 4.69) is 20.7 Å². The van der Waals surface area contributed by atoms with Gasteiger partial charge in [0.2, 0.25) is 0 Å². The standard InChI is InChI=1S/C10H9BrClFO3/c1-15-10(14)7(11)5-16-6-2-3-9(13)8(12)4-6/h2-4,7H,5H2,1H3. The average Bonchev–Trinajstić information content (AvgIpc) is 2.29. The third-order valence-corrected chi connectivity index (χ3v) is 2.67. The molecular weight excluding hydrogens is 302 g/mol. The summed E-state index contributed by atoms with van der Waals surface area (Å²) < 4.78 is 22.5. The molecule has 0 spiro atoms. The van der Waals surface area contributed by atoms with Crippen LogP contribution in [0.2, 0.25) is 5.02 Å². The van der Waals surface area contributed by atoms with Crippen LogP contribution in [-0.2, 0) is 9.53 Å². The Bertz CT molecular complexity index is 386. The van der Waals surface area contributed by atoms with Crippen LogP contribution in [-0.4, -0.2) is 24.5 Å². The molecule has 0 heterocycles. The molecule has 1 aromatic rings. The van der Waals surface area contributed by atoms with Gasteiger partial charge in [0.1, 0.15) is 23.0 Å². The average molecular weight is 312 g/mol. The highest BCUT2D eigenvalue weighted by Gasteiger charge is 2.16. The van der Waals surface area contributed by atoms with E-state index in [1.807, 2.05) is 0 Å². The van der Waals surface area contributed by atoms with Gasteiger partial charge >= 0.3 is 5.97 Å². The Morgan fingerprint density at radius 1 is 1.62 bits per heavy atom. The van der Waals surface area contributed by atoms with E-state index in [-0.39, 0.29) is 11.6 Å². The number of hydrogen-bond acceptors (Lipinski definition) is 3. The Hall–Kier alpha value is -0.810. The predicted molar refractivity (Wildman–Crippen MR) is 61.6 cm³/mol. The molecule has 6 heteroatoms. The van der Waals surface area contributed by atoms with Crippen molar-refractivity contribution >= 4 is 33.5 Å². The molecule has 0 bridgehead atoms. The van der Waals surface area contributed by atoms with Crippen LogP contribution >= 0.6 is 27.5 Å². The molecule has 0 fully saturated rings. The maximum Gasteiger partial charge on any atom is 0.322 e. The van der Waals surface area contributed by atoms with Gasteiger partial charge in [-0.3, -0.25) is 4.79 Å². The van der Waals surface area contributed by atoms with E-state index < -0.39 is 16.6 Å². The van der Waals surface area contributed by atoms with Gasteiger partial charge in [0.25, 0.3) is 0 Å². The fourth-order valence-electron chi connectivity index (χ4n) is 0.932. The number of halogens is 3. The molecule has 3 nitrogen and oxygen atoms in total. The molecular formula is C10H9BrClFO3. The second-order valence-electron chi connectivity index (χ2n) is 2.88. The monoisotopic (exact) mass is 310 g/mol. The Morgan fingerprint density at radius 3 is 2.88 bits per heavy atom. The van der Waals surface area contributed by atoms with E-state index in [0.717, 1.165) is 0 Å². The summed E-state index contributed by atoms with van der Waals surface area (Å²) in [6.07, 6.45) is 0. The number of hydrogen-bond donors (Lipinski definition) is 0. The summed E-state index contributed by atoms with van der Waals surface area (Å²) in [7, 11) is 1.28. The van der Waals surface area contributed by atoms with Gasteiger partial charge in [0.05, 0.1) is 12.1 Å². The van der Waals surface area contributed by atoms with Crippen molar-refractivity contribution in [1.29, 1.82) is 0 Å². The zero-order valence-corrected chi connectivity index (χ0v) is 10.7. The van der Waals surface area contributed by atoms with Crippen LogP contribution in [0, 0.1) is 5.82 Å². The van der Waals surface area contributed by atoms with Gasteiger partial charge in [0.15, 0.2) is 0 Å². The molecule has 0 aromatic heterocycles. The zero-order chi connectivity index (χ0) is 12.1. The Labute approximate surface area is 106 Å². The molecule has 0 amide bonds. The lowest BCUT2D eigenvalue weighted by Crippen LogP contribution is -2.22. The number of ether oxygens (including phenoxy) is 2. The summed E-state index contributed by atoms with van der Waals surface area (Å²) >= 11 is 8.65. The van der Waals surface area contributed by atoms with Crippen molar-refractivity contribution in [3.05, 3.63) is 29.0 Å². The predicted octanol–water partition coefficient (Wildman–Crippen LogP) is 2.79. The highest BCUT2D eigenvalue weighted by molar-refractivity contribution is 9.10. The summed E-state index contributed by atoms with van der Waals surface area (Å²) in [5.41, 5.74) is 0. The van der Waals surface area contributed by atoms with Crippen molar-refractivity contribution in [1.82, 2.24) is 0 Å². The first kappa shape index (κ1) is 13.3. The minimum Gasteiger partial charge on any atom is -0.492 e. The number of carbonyl (C=O) groups is 1. The Morgan fingerprint density at radius 2 is 2.31 bits per heavy atom. The second kappa shape index (κ2) is 6.06. The molecule has 0 aliphatic heterocycles. The molecule has 1 aromatic carbocycles. The summed E-state index contributed by atoms with van der Waals surface area (Å²) in [4.78, 5) is 10.5. The number of alkyl halides is 1. The number of carbonyl (C=O) groups excluding carboxylic acids is 1. The Balaban J connectivity index is 2.55. The zero-order valence-electron chi connectivity index (χ0n) is 8.38. The highest BCUT2D eigenvalue weighted by atomic mass is 79.9. The van der Waals surface area contributed by atoms with Crippen molar-refractivity contribution in [2.45, 2.75) is 4.83 Å². The molecule has 0 saturated carbocycles. The highest BCUT2D eigenvalue weighted by Crippen LogP contribution is 2.21. The lowest BCUT2D eigenvalue weighted by molar-refractivity contribution is -0.140. The van der Waals surface area contributed by atoms with Crippen LogP contribution in [0.4, 0.5) is 4.39 Å². The molecule has 1 atom stereocenters. The normalized spacial score (nSPS) is 12.0. The summed E-state index contributed by atoms with van der Waals surface area (Å²) in [6.45, 7) is 0.0780. The van der Waals surface area contributed by atoms with Gasteiger partial charge in [-0.1, -0.05) is 27.5 Å². The van der Waals surface area contributed by atoms with Crippen LogP contribution in [0.1, 0.15) is 0 Å². The lowest BCUT2D eigenvalue weighted by atomic mass is 10.3. The number of rotatable bonds is 4.